The molecular weight excluding hydrogens is 409 g/mol. The number of hydrogen-bond donors (Lipinski definition) is 0. The average Bonchev–Trinajstić information content (AvgIpc) is 2.51. The van der Waals surface area contributed by atoms with Crippen molar-refractivity contribution >= 4 is 49.9 Å². The molecule has 0 amide bonds. The number of benzene rings is 1. The summed E-state index contributed by atoms with van der Waals surface area (Å²) in [7, 11) is 0. The molecule has 0 aliphatic heterocycles. The number of halogens is 5. The van der Waals surface area contributed by atoms with Gasteiger partial charge in [0.2, 0.25) is 5.28 Å². The standard InChI is InChI=1S/C15H9BrClF3N4/c16-8-4-9(6-21-5-8)24(7-12(19)20)14-13-10(18)2-1-3-11(13)22-15(17)23-14/h1-6,12H,7H2. The minimum atomic E-state index is -2.68. The van der Waals surface area contributed by atoms with Gasteiger partial charge in [0.15, 0.2) is 0 Å². The smallest absolute Gasteiger partial charge is 0.256 e. The number of hydrogen-bond acceptors (Lipinski definition) is 4. The van der Waals surface area contributed by atoms with E-state index in [-0.39, 0.29) is 22.0 Å². The van der Waals surface area contributed by atoms with Crippen LogP contribution in [0.25, 0.3) is 10.9 Å². The van der Waals surface area contributed by atoms with Gasteiger partial charge in [0.05, 0.1) is 29.3 Å². The van der Waals surface area contributed by atoms with E-state index in [9.17, 15) is 13.2 Å². The summed E-state index contributed by atoms with van der Waals surface area (Å²) in [6, 6.07) is 5.79. The largest absolute Gasteiger partial charge is 0.318 e. The molecule has 0 atom stereocenters. The molecule has 0 aliphatic carbocycles. The minimum absolute atomic E-state index is 0.0162. The second-order valence-corrected chi connectivity index (χ2v) is 6.07. The van der Waals surface area contributed by atoms with Crippen LogP contribution in [0.1, 0.15) is 0 Å². The van der Waals surface area contributed by atoms with Gasteiger partial charge in [-0.25, -0.2) is 18.2 Å². The highest BCUT2D eigenvalue weighted by molar-refractivity contribution is 9.10. The molecular formula is C15H9BrClF3N4. The van der Waals surface area contributed by atoms with E-state index >= 15 is 0 Å². The van der Waals surface area contributed by atoms with E-state index in [1.165, 1.54) is 35.5 Å². The third-order valence-electron chi connectivity index (χ3n) is 3.20. The number of rotatable bonds is 4. The highest BCUT2D eigenvalue weighted by atomic mass is 79.9. The maximum Gasteiger partial charge on any atom is 0.256 e. The van der Waals surface area contributed by atoms with Crippen molar-refractivity contribution in [1.82, 2.24) is 15.0 Å². The molecule has 124 valence electrons. The minimum Gasteiger partial charge on any atom is -0.318 e. The van der Waals surface area contributed by atoms with Crippen molar-refractivity contribution < 1.29 is 13.2 Å². The van der Waals surface area contributed by atoms with Crippen LogP contribution in [0, 0.1) is 5.82 Å². The second-order valence-electron chi connectivity index (χ2n) is 4.81. The van der Waals surface area contributed by atoms with Crippen molar-refractivity contribution in [2.45, 2.75) is 6.43 Å². The van der Waals surface area contributed by atoms with Gasteiger partial charge < -0.3 is 4.90 Å². The molecule has 0 spiro atoms. The zero-order valence-electron chi connectivity index (χ0n) is 11.9. The Hall–Kier alpha value is -1.93. The summed E-state index contributed by atoms with van der Waals surface area (Å²) in [6.07, 6.45) is 0.213. The highest BCUT2D eigenvalue weighted by Gasteiger charge is 2.22. The summed E-state index contributed by atoms with van der Waals surface area (Å²) in [6.45, 7) is -0.699. The molecule has 1 aromatic carbocycles. The molecule has 0 saturated carbocycles. The van der Waals surface area contributed by atoms with Crippen LogP contribution < -0.4 is 4.90 Å². The Morgan fingerprint density at radius 2 is 2.00 bits per heavy atom. The van der Waals surface area contributed by atoms with E-state index in [1.807, 2.05) is 0 Å². The van der Waals surface area contributed by atoms with E-state index in [2.05, 4.69) is 30.9 Å². The summed E-state index contributed by atoms with van der Waals surface area (Å²) in [4.78, 5) is 13.1. The van der Waals surface area contributed by atoms with Crippen molar-refractivity contribution in [3.05, 3.63) is 52.2 Å². The SMILES string of the molecule is Fc1cccc2nc(Cl)nc(N(CC(F)F)c3cncc(Br)c3)c12. The first-order valence-electron chi connectivity index (χ1n) is 6.73. The van der Waals surface area contributed by atoms with Crippen molar-refractivity contribution in [1.29, 1.82) is 0 Å². The van der Waals surface area contributed by atoms with Crippen LogP contribution >= 0.6 is 27.5 Å². The number of alkyl halides is 2. The molecule has 0 N–H and O–H groups in total. The van der Waals surface area contributed by atoms with Crippen LogP contribution in [-0.2, 0) is 0 Å². The lowest BCUT2D eigenvalue weighted by Gasteiger charge is -2.24. The maximum atomic E-state index is 14.3. The lowest BCUT2D eigenvalue weighted by molar-refractivity contribution is 0.158. The predicted octanol–water partition coefficient (Wildman–Crippen LogP) is 4.98. The number of fused-ring (bicyclic) bond motifs is 1. The molecule has 0 saturated heterocycles. The molecule has 4 nitrogen and oxygen atoms in total. The van der Waals surface area contributed by atoms with Gasteiger partial charge in [-0.15, -0.1) is 0 Å². The fourth-order valence-electron chi connectivity index (χ4n) is 2.29. The fourth-order valence-corrected chi connectivity index (χ4v) is 2.81. The summed E-state index contributed by atoms with van der Waals surface area (Å²) < 4.78 is 41.1. The summed E-state index contributed by atoms with van der Waals surface area (Å²) >= 11 is 9.13. The predicted molar refractivity (Wildman–Crippen MR) is 89.5 cm³/mol. The van der Waals surface area contributed by atoms with Crippen LogP contribution in [0.2, 0.25) is 5.28 Å². The number of pyridine rings is 1. The van der Waals surface area contributed by atoms with E-state index in [4.69, 9.17) is 11.6 Å². The van der Waals surface area contributed by atoms with E-state index in [0.29, 0.717) is 10.2 Å². The van der Waals surface area contributed by atoms with Crippen molar-refractivity contribution in [2.24, 2.45) is 0 Å². The maximum absolute atomic E-state index is 14.3. The molecule has 24 heavy (non-hydrogen) atoms. The van der Waals surface area contributed by atoms with Crippen molar-refractivity contribution in [3.63, 3.8) is 0 Å². The Labute approximate surface area is 148 Å². The first-order chi connectivity index (χ1) is 11.5. The van der Waals surface area contributed by atoms with Gasteiger partial charge in [-0.05, 0) is 45.7 Å². The third-order valence-corrected chi connectivity index (χ3v) is 3.81. The Balaban J connectivity index is 2.26. The third kappa shape index (κ3) is 3.44. The molecule has 0 fully saturated rings. The Morgan fingerprint density at radius 3 is 2.71 bits per heavy atom. The van der Waals surface area contributed by atoms with Gasteiger partial charge in [0.1, 0.15) is 11.6 Å². The molecule has 0 aliphatic rings. The lowest BCUT2D eigenvalue weighted by Crippen LogP contribution is -2.25. The zero-order valence-corrected chi connectivity index (χ0v) is 14.3. The molecule has 9 heteroatoms. The Morgan fingerprint density at radius 1 is 1.21 bits per heavy atom. The molecule has 0 bridgehead atoms. The van der Waals surface area contributed by atoms with Crippen LogP contribution in [-0.4, -0.2) is 27.9 Å². The zero-order chi connectivity index (χ0) is 17.3. The first kappa shape index (κ1) is 16.9. The second kappa shape index (κ2) is 6.90. The van der Waals surface area contributed by atoms with Crippen LogP contribution in [0.5, 0.6) is 0 Å². The van der Waals surface area contributed by atoms with E-state index in [1.54, 1.807) is 6.07 Å². The van der Waals surface area contributed by atoms with Crippen molar-refractivity contribution in [3.8, 4) is 0 Å². The van der Waals surface area contributed by atoms with Crippen molar-refractivity contribution in [2.75, 3.05) is 11.4 Å². The van der Waals surface area contributed by atoms with Gasteiger partial charge >= 0.3 is 0 Å². The average molecular weight is 418 g/mol. The quantitative estimate of drug-likeness (QED) is 0.561. The van der Waals surface area contributed by atoms with Gasteiger partial charge in [0, 0.05) is 10.7 Å². The Kier molecular flexibility index (Phi) is 4.86. The fraction of sp³-hybridized carbons (Fsp3) is 0.133. The molecule has 3 rings (SSSR count). The number of aromatic nitrogens is 3. The summed E-state index contributed by atoms with van der Waals surface area (Å²) in [5, 5.41) is -0.146. The highest BCUT2D eigenvalue weighted by Crippen LogP contribution is 2.33. The number of nitrogens with zero attached hydrogens (tertiary/aromatic N) is 4. The molecule has 3 aromatic rings. The molecule has 0 unspecified atom stereocenters. The van der Waals surface area contributed by atoms with Crippen LogP contribution in [0.15, 0.2) is 41.1 Å². The summed E-state index contributed by atoms with van der Waals surface area (Å²) in [5.74, 6) is -0.662. The van der Waals surface area contributed by atoms with Gasteiger partial charge in [-0.2, -0.15) is 4.98 Å². The number of anilines is 2. The summed E-state index contributed by atoms with van der Waals surface area (Å²) in [5.41, 5.74) is 0.552. The van der Waals surface area contributed by atoms with Gasteiger partial charge in [-0.1, -0.05) is 6.07 Å². The van der Waals surface area contributed by atoms with E-state index in [0.717, 1.165) is 0 Å². The topological polar surface area (TPSA) is 41.9 Å². The van der Waals surface area contributed by atoms with Crippen LogP contribution in [0.4, 0.5) is 24.7 Å². The molecule has 0 radical (unpaired) electrons. The molecule has 2 heterocycles. The lowest BCUT2D eigenvalue weighted by atomic mass is 10.2. The van der Waals surface area contributed by atoms with Gasteiger partial charge in [-0.3, -0.25) is 4.98 Å². The van der Waals surface area contributed by atoms with E-state index < -0.39 is 18.8 Å². The normalized spacial score (nSPS) is 11.2. The van der Waals surface area contributed by atoms with Gasteiger partial charge in [0.25, 0.3) is 6.43 Å². The van der Waals surface area contributed by atoms with Crippen LogP contribution in [0.3, 0.4) is 0 Å². The first-order valence-corrected chi connectivity index (χ1v) is 7.91. The Bertz CT molecular complexity index is 894. The monoisotopic (exact) mass is 416 g/mol. The molecule has 2 aromatic heterocycles.